The van der Waals surface area contributed by atoms with Gasteiger partial charge >= 0.3 is 6.03 Å². The molecular formula is C12H18N3O3P. The second-order valence-electron chi connectivity index (χ2n) is 5.71. The Hall–Kier alpha value is -1.13. The fourth-order valence-corrected chi connectivity index (χ4v) is 3.59. The van der Waals surface area contributed by atoms with Crippen LogP contribution in [0.25, 0.3) is 0 Å². The zero-order chi connectivity index (χ0) is 13.8. The summed E-state index contributed by atoms with van der Waals surface area (Å²) in [5.41, 5.74) is 0.400. The van der Waals surface area contributed by atoms with E-state index >= 15 is 0 Å². The highest BCUT2D eigenvalue weighted by Gasteiger charge is 2.63. The van der Waals surface area contributed by atoms with E-state index in [9.17, 15) is 9.90 Å². The van der Waals surface area contributed by atoms with E-state index in [0.29, 0.717) is 12.3 Å². The van der Waals surface area contributed by atoms with Crippen LogP contribution in [0.4, 0.5) is 4.79 Å². The Morgan fingerprint density at radius 1 is 1.63 bits per heavy atom. The number of amides is 2. The highest BCUT2D eigenvalue weighted by atomic mass is 31.0. The number of hydrogen-bond donors (Lipinski definition) is 2. The molecule has 2 amide bonds. The van der Waals surface area contributed by atoms with Crippen molar-refractivity contribution in [1.82, 2.24) is 9.96 Å². The molecule has 19 heavy (non-hydrogen) atoms. The first-order chi connectivity index (χ1) is 8.98. The van der Waals surface area contributed by atoms with Gasteiger partial charge in [0.1, 0.15) is 0 Å². The molecule has 2 bridgehead atoms. The number of hydrogen-bond acceptors (Lipinski definition) is 4. The van der Waals surface area contributed by atoms with Gasteiger partial charge in [-0.2, -0.15) is 5.06 Å². The van der Waals surface area contributed by atoms with Gasteiger partial charge in [-0.25, -0.2) is 4.79 Å². The number of carbonyl (C=O) groups excluding carboxylic acids is 1. The highest BCUT2D eigenvalue weighted by Crippen LogP contribution is 2.59. The van der Waals surface area contributed by atoms with Gasteiger partial charge < -0.3 is 15.4 Å². The number of urea groups is 1. The number of aliphatic hydroxyl groups is 1. The van der Waals surface area contributed by atoms with E-state index in [1.54, 1.807) is 4.90 Å². The summed E-state index contributed by atoms with van der Waals surface area (Å²) in [4.78, 5) is 13.9. The summed E-state index contributed by atoms with van der Waals surface area (Å²) in [6.07, 6.45) is 4.37. The lowest BCUT2D eigenvalue weighted by Crippen LogP contribution is -2.48. The summed E-state index contributed by atoms with van der Waals surface area (Å²) < 4.78 is 5.15. The van der Waals surface area contributed by atoms with Crippen molar-refractivity contribution in [3.8, 4) is 0 Å². The van der Waals surface area contributed by atoms with Gasteiger partial charge in [-0.3, -0.25) is 4.62 Å². The van der Waals surface area contributed by atoms with Crippen molar-refractivity contribution in [1.29, 1.82) is 5.41 Å². The minimum absolute atomic E-state index is 0.0979. The van der Waals surface area contributed by atoms with Crippen molar-refractivity contribution >= 4 is 21.2 Å². The van der Waals surface area contributed by atoms with Crippen LogP contribution in [0.15, 0.2) is 11.8 Å². The van der Waals surface area contributed by atoms with Gasteiger partial charge in [-0.05, 0) is 37.7 Å². The second-order valence-corrected chi connectivity index (χ2v) is 5.92. The van der Waals surface area contributed by atoms with Gasteiger partial charge in [0.2, 0.25) is 0 Å². The van der Waals surface area contributed by atoms with Crippen LogP contribution in [0.2, 0.25) is 0 Å². The average molecular weight is 283 g/mol. The maximum absolute atomic E-state index is 12.3. The number of fused-ring (bicyclic) bond motifs is 3. The largest absolute Gasteiger partial charge is 0.513 e. The third-order valence-corrected chi connectivity index (χ3v) is 4.73. The first-order valence-electron chi connectivity index (χ1n) is 6.41. The normalized spacial score (nSPS) is 32.1. The van der Waals surface area contributed by atoms with E-state index in [4.69, 9.17) is 10.0 Å². The van der Waals surface area contributed by atoms with Crippen molar-refractivity contribution in [2.45, 2.75) is 38.3 Å². The maximum atomic E-state index is 12.3. The van der Waals surface area contributed by atoms with Gasteiger partial charge in [0.15, 0.2) is 0 Å². The van der Waals surface area contributed by atoms with Crippen LogP contribution in [-0.2, 0) is 4.62 Å². The zero-order valence-electron chi connectivity index (χ0n) is 10.8. The van der Waals surface area contributed by atoms with Crippen molar-refractivity contribution in [2.75, 3.05) is 6.54 Å². The smallest absolute Gasteiger partial charge is 0.345 e. The summed E-state index contributed by atoms with van der Waals surface area (Å²) >= 11 is 0. The first kappa shape index (κ1) is 12.9. The summed E-state index contributed by atoms with van der Waals surface area (Å²) in [6.45, 7) is 2.15. The molecule has 0 radical (unpaired) electrons. The highest BCUT2D eigenvalue weighted by molar-refractivity contribution is 7.09. The molecule has 3 aliphatic rings. The summed E-state index contributed by atoms with van der Waals surface area (Å²) in [7, 11) is 2.14. The molecule has 2 heterocycles. The summed E-state index contributed by atoms with van der Waals surface area (Å²) in [6, 6.07) is -0.332. The first-order valence-corrected chi connectivity index (χ1v) is 6.88. The SMILES string of the molecule is C/C(O)=C/C(=N)C1CC2(CC2)C2CN1C(=O)N2OP. The number of nitrogens with zero attached hydrogens (tertiary/aromatic N) is 2. The Morgan fingerprint density at radius 3 is 2.84 bits per heavy atom. The third-order valence-electron chi connectivity index (χ3n) is 4.50. The zero-order valence-corrected chi connectivity index (χ0v) is 12.0. The van der Waals surface area contributed by atoms with Crippen LogP contribution < -0.4 is 0 Å². The van der Waals surface area contributed by atoms with E-state index in [1.807, 2.05) is 0 Å². The number of carbonyl (C=O) groups is 1. The lowest BCUT2D eigenvalue weighted by atomic mass is 9.83. The molecule has 3 fully saturated rings. The van der Waals surface area contributed by atoms with E-state index in [-0.39, 0.29) is 29.3 Å². The van der Waals surface area contributed by atoms with Crippen LogP contribution in [0.3, 0.4) is 0 Å². The predicted octanol–water partition coefficient (Wildman–Crippen LogP) is 1.85. The van der Waals surface area contributed by atoms with E-state index < -0.39 is 0 Å². The van der Waals surface area contributed by atoms with Crippen LogP contribution in [0.1, 0.15) is 26.2 Å². The number of hydroxylamine groups is 2. The van der Waals surface area contributed by atoms with Gasteiger partial charge in [0, 0.05) is 16.0 Å². The van der Waals surface area contributed by atoms with Gasteiger partial charge in [-0.15, -0.1) is 0 Å². The molecule has 0 aromatic rings. The van der Waals surface area contributed by atoms with Gasteiger partial charge in [-0.1, -0.05) is 0 Å². The number of aliphatic hydroxyl groups excluding tert-OH is 1. The van der Waals surface area contributed by atoms with Crippen molar-refractivity contribution < 1.29 is 14.5 Å². The molecular weight excluding hydrogens is 265 g/mol. The molecule has 6 nitrogen and oxygen atoms in total. The molecule has 2 saturated heterocycles. The minimum Gasteiger partial charge on any atom is -0.513 e. The topological polar surface area (TPSA) is 76.9 Å². The molecule has 1 aliphatic carbocycles. The Bertz CT molecular complexity index is 471. The third kappa shape index (κ3) is 1.85. The molecule has 0 aromatic carbocycles. The number of rotatable bonds is 3. The Balaban J connectivity index is 1.90. The summed E-state index contributed by atoms with van der Waals surface area (Å²) in [5, 5.41) is 18.8. The second kappa shape index (κ2) is 4.18. The molecule has 2 aliphatic heterocycles. The van der Waals surface area contributed by atoms with Gasteiger partial charge in [0.25, 0.3) is 0 Å². The molecule has 2 N–H and O–H groups in total. The van der Waals surface area contributed by atoms with Crippen LogP contribution in [0.5, 0.6) is 0 Å². The Kier molecular flexibility index (Phi) is 2.84. The van der Waals surface area contributed by atoms with E-state index in [0.717, 1.165) is 19.3 Å². The number of nitrogens with one attached hydrogen (secondary N) is 1. The molecule has 0 aromatic heterocycles. The molecule has 3 rings (SSSR count). The lowest BCUT2D eigenvalue weighted by molar-refractivity contribution is -0.0324. The summed E-state index contributed by atoms with van der Waals surface area (Å²) in [5.74, 6) is 0.0998. The predicted molar refractivity (Wildman–Crippen MR) is 72.7 cm³/mol. The lowest BCUT2D eigenvalue weighted by Gasteiger charge is -2.36. The quantitative estimate of drug-likeness (QED) is 0.471. The van der Waals surface area contributed by atoms with Crippen LogP contribution >= 0.6 is 9.47 Å². The molecule has 3 unspecified atom stereocenters. The number of piperidine rings is 1. The molecule has 7 heteroatoms. The van der Waals surface area contributed by atoms with E-state index in [1.165, 1.54) is 18.1 Å². The Morgan fingerprint density at radius 2 is 2.32 bits per heavy atom. The van der Waals surface area contributed by atoms with Crippen LogP contribution in [-0.4, -0.2) is 45.4 Å². The van der Waals surface area contributed by atoms with Crippen LogP contribution in [0, 0.1) is 10.8 Å². The maximum Gasteiger partial charge on any atom is 0.345 e. The fourth-order valence-electron chi connectivity index (χ4n) is 3.35. The average Bonchev–Trinajstić information content (AvgIpc) is 3.05. The van der Waals surface area contributed by atoms with Crippen molar-refractivity contribution in [3.63, 3.8) is 0 Å². The molecule has 104 valence electrons. The number of allylic oxidation sites excluding steroid dienone is 1. The fraction of sp³-hybridized carbons (Fsp3) is 0.667. The van der Waals surface area contributed by atoms with E-state index in [2.05, 4.69) is 9.47 Å². The Labute approximate surface area is 114 Å². The molecule has 3 atom stereocenters. The molecule has 1 spiro atoms. The van der Waals surface area contributed by atoms with Gasteiger partial charge in [0.05, 0.1) is 23.6 Å². The monoisotopic (exact) mass is 283 g/mol. The van der Waals surface area contributed by atoms with Crippen molar-refractivity contribution in [3.05, 3.63) is 11.8 Å². The van der Waals surface area contributed by atoms with Crippen molar-refractivity contribution in [2.24, 2.45) is 5.41 Å². The standard InChI is InChI=1S/C12H18N3O3P/c1-7(16)4-8(13)9-5-12(2-3-12)10-6-14(9)11(17)15(10)18-19/h4,9-10,13,16H,2-3,5-6,19H2,1H3/b7-4-,13-8?. The minimum atomic E-state index is -0.251. The molecule has 1 saturated carbocycles.